The van der Waals surface area contributed by atoms with Crippen LogP contribution in [-0.2, 0) is 6.42 Å². The highest BCUT2D eigenvalue weighted by atomic mass is 16.5. The third-order valence-corrected chi connectivity index (χ3v) is 5.54. The highest BCUT2D eigenvalue weighted by Gasteiger charge is 2.12. The van der Waals surface area contributed by atoms with Gasteiger partial charge >= 0.3 is 0 Å². The molecule has 6 heteroatoms. The van der Waals surface area contributed by atoms with Crippen LogP contribution in [0, 0.1) is 11.3 Å². The summed E-state index contributed by atoms with van der Waals surface area (Å²) in [6.45, 7) is 0.343. The smallest absolute Gasteiger partial charge is 0.148 e. The molecule has 3 heterocycles. The van der Waals surface area contributed by atoms with Crippen LogP contribution in [0.2, 0.25) is 0 Å². The molecule has 1 atom stereocenters. The average Bonchev–Trinajstić information content (AvgIpc) is 3.25. The second-order valence-corrected chi connectivity index (χ2v) is 7.75. The molecule has 0 aliphatic heterocycles. The average molecular weight is 419 g/mol. The third-order valence-electron chi connectivity index (χ3n) is 5.54. The highest BCUT2D eigenvalue weighted by Crippen LogP contribution is 2.29. The predicted molar refractivity (Wildman–Crippen MR) is 125 cm³/mol. The first kappa shape index (κ1) is 19.7. The van der Waals surface area contributed by atoms with Crippen LogP contribution in [0.15, 0.2) is 79.4 Å². The Morgan fingerprint density at radius 1 is 1.06 bits per heavy atom. The highest BCUT2D eigenvalue weighted by molar-refractivity contribution is 5.87. The Kier molecular flexibility index (Phi) is 5.24. The summed E-state index contributed by atoms with van der Waals surface area (Å²) in [5.74, 6) is 0.586. The van der Waals surface area contributed by atoms with Crippen molar-refractivity contribution >= 4 is 21.7 Å². The Balaban J connectivity index is 1.34. The van der Waals surface area contributed by atoms with Crippen molar-refractivity contribution in [3.8, 4) is 22.9 Å². The molecule has 0 radical (unpaired) electrons. The molecule has 32 heavy (non-hydrogen) atoms. The van der Waals surface area contributed by atoms with E-state index in [1.807, 2.05) is 60.9 Å². The molecule has 5 rings (SSSR count). The number of pyridine rings is 2. The van der Waals surface area contributed by atoms with Gasteiger partial charge in [0.05, 0.1) is 6.20 Å². The minimum absolute atomic E-state index is 0.179. The number of hydrogen-bond acceptors (Lipinski definition) is 5. The lowest BCUT2D eigenvalue weighted by Crippen LogP contribution is -2.30. The van der Waals surface area contributed by atoms with Crippen molar-refractivity contribution in [2.75, 3.05) is 6.61 Å². The largest absolute Gasteiger partial charge is 0.490 e. The molecule has 0 fully saturated rings. The summed E-state index contributed by atoms with van der Waals surface area (Å²) in [6.07, 6.45) is 7.84. The number of aromatic amines is 1. The standard InChI is InChI=1S/C26H21N5O/c27-12-26-24(18-5-6-19-13-29-8-7-17(19)9-18)11-22(15-31-26)32-16-21(28)10-20-14-30-25-4-2-1-3-23(20)25/h1-9,11,13-15,21,30H,10,16,28H2. The first-order valence-electron chi connectivity index (χ1n) is 10.4. The number of nitrogens with one attached hydrogen (secondary N) is 1. The monoisotopic (exact) mass is 419 g/mol. The second kappa shape index (κ2) is 8.50. The number of nitriles is 1. The number of ether oxygens (including phenoxy) is 1. The van der Waals surface area contributed by atoms with Crippen LogP contribution in [-0.4, -0.2) is 27.6 Å². The number of rotatable bonds is 6. The maximum atomic E-state index is 9.55. The molecule has 2 aromatic carbocycles. The van der Waals surface area contributed by atoms with E-state index in [4.69, 9.17) is 10.5 Å². The van der Waals surface area contributed by atoms with Gasteiger partial charge in [-0.15, -0.1) is 0 Å². The van der Waals surface area contributed by atoms with Crippen LogP contribution < -0.4 is 10.5 Å². The topological polar surface area (TPSA) is 101 Å². The van der Waals surface area contributed by atoms with Gasteiger partial charge in [0.15, 0.2) is 0 Å². The van der Waals surface area contributed by atoms with Gasteiger partial charge in [0.2, 0.25) is 0 Å². The van der Waals surface area contributed by atoms with E-state index in [1.54, 1.807) is 12.4 Å². The molecule has 0 saturated carbocycles. The molecule has 0 spiro atoms. The van der Waals surface area contributed by atoms with E-state index in [0.717, 1.165) is 27.4 Å². The predicted octanol–water partition coefficient (Wildman–Crippen LogP) is 4.60. The van der Waals surface area contributed by atoms with E-state index in [-0.39, 0.29) is 6.04 Å². The molecule has 0 amide bonds. The molecule has 3 aromatic heterocycles. The SMILES string of the molecule is N#Cc1ncc(OCC(N)Cc2c[nH]c3ccccc23)cc1-c1ccc2cnccc2c1. The van der Waals surface area contributed by atoms with Crippen molar-refractivity contribution in [2.45, 2.75) is 12.5 Å². The molecule has 0 saturated heterocycles. The fraction of sp³-hybridized carbons (Fsp3) is 0.115. The van der Waals surface area contributed by atoms with Gasteiger partial charge in [0.25, 0.3) is 0 Å². The van der Waals surface area contributed by atoms with E-state index in [2.05, 4.69) is 27.1 Å². The number of para-hydroxylation sites is 1. The summed E-state index contributed by atoms with van der Waals surface area (Å²) in [7, 11) is 0. The van der Waals surface area contributed by atoms with E-state index in [9.17, 15) is 5.26 Å². The van der Waals surface area contributed by atoms with Crippen LogP contribution in [0.4, 0.5) is 0 Å². The summed E-state index contributed by atoms with van der Waals surface area (Å²) in [5.41, 5.74) is 10.6. The maximum absolute atomic E-state index is 9.55. The van der Waals surface area contributed by atoms with E-state index in [1.165, 1.54) is 10.9 Å². The summed E-state index contributed by atoms with van der Waals surface area (Å²) < 4.78 is 5.96. The lowest BCUT2D eigenvalue weighted by molar-refractivity contribution is 0.287. The normalized spacial score (nSPS) is 12.0. The van der Waals surface area contributed by atoms with Crippen LogP contribution in [0.3, 0.4) is 0 Å². The molecule has 3 N–H and O–H groups in total. The summed E-state index contributed by atoms with van der Waals surface area (Å²) in [5, 5.41) is 12.8. The molecular weight excluding hydrogens is 398 g/mol. The zero-order valence-corrected chi connectivity index (χ0v) is 17.3. The Hall–Kier alpha value is -4.21. The van der Waals surface area contributed by atoms with Gasteiger partial charge in [-0.3, -0.25) is 4.98 Å². The zero-order valence-electron chi connectivity index (χ0n) is 17.3. The number of hydrogen-bond donors (Lipinski definition) is 2. The van der Waals surface area contributed by atoms with Crippen LogP contribution >= 0.6 is 0 Å². The molecular formula is C26H21N5O. The summed E-state index contributed by atoms with van der Waals surface area (Å²) >= 11 is 0. The molecule has 1 unspecified atom stereocenters. The maximum Gasteiger partial charge on any atom is 0.148 e. The van der Waals surface area contributed by atoms with Crippen molar-refractivity contribution in [3.05, 3.63) is 90.6 Å². The quantitative estimate of drug-likeness (QED) is 0.419. The number of H-pyrrole nitrogens is 1. The van der Waals surface area contributed by atoms with Gasteiger partial charge in [-0.25, -0.2) is 4.98 Å². The summed E-state index contributed by atoms with van der Waals surface area (Å²) in [4.78, 5) is 11.7. The molecule has 0 aliphatic carbocycles. The fourth-order valence-electron chi connectivity index (χ4n) is 3.93. The van der Waals surface area contributed by atoms with Crippen molar-refractivity contribution in [1.29, 1.82) is 5.26 Å². The first-order valence-corrected chi connectivity index (χ1v) is 10.4. The molecule has 0 bridgehead atoms. The first-order chi connectivity index (χ1) is 15.7. The lowest BCUT2D eigenvalue weighted by Gasteiger charge is -2.14. The molecule has 156 valence electrons. The van der Waals surface area contributed by atoms with Gasteiger partial charge < -0.3 is 15.5 Å². The summed E-state index contributed by atoms with van der Waals surface area (Å²) in [6, 6.07) is 19.9. The Morgan fingerprint density at radius 3 is 2.88 bits per heavy atom. The van der Waals surface area contributed by atoms with Gasteiger partial charge in [0, 0.05) is 46.5 Å². The number of nitrogens with zero attached hydrogens (tertiary/aromatic N) is 3. The second-order valence-electron chi connectivity index (χ2n) is 7.75. The number of nitrogens with two attached hydrogens (primary N) is 1. The van der Waals surface area contributed by atoms with Gasteiger partial charge in [-0.2, -0.15) is 5.26 Å². The van der Waals surface area contributed by atoms with Crippen molar-refractivity contribution < 1.29 is 4.74 Å². The van der Waals surface area contributed by atoms with Crippen LogP contribution in [0.25, 0.3) is 32.8 Å². The lowest BCUT2D eigenvalue weighted by atomic mass is 10.0. The van der Waals surface area contributed by atoms with Gasteiger partial charge in [-0.1, -0.05) is 30.3 Å². The van der Waals surface area contributed by atoms with Crippen LogP contribution in [0.5, 0.6) is 5.75 Å². The van der Waals surface area contributed by atoms with Crippen LogP contribution in [0.1, 0.15) is 11.3 Å². The van der Waals surface area contributed by atoms with E-state index < -0.39 is 0 Å². The minimum Gasteiger partial charge on any atom is -0.490 e. The van der Waals surface area contributed by atoms with Crippen molar-refractivity contribution in [3.63, 3.8) is 0 Å². The Morgan fingerprint density at radius 2 is 1.97 bits per heavy atom. The third kappa shape index (κ3) is 3.89. The molecule has 5 aromatic rings. The Bertz CT molecular complexity index is 1450. The van der Waals surface area contributed by atoms with Gasteiger partial charge in [-0.05, 0) is 47.2 Å². The Labute approximate surface area is 185 Å². The zero-order chi connectivity index (χ0) is 21.9. The van der Waals surface area contributed by atoms with E-state index >= 15 is 0 Å². The number of benzene rings is 2. The van der Waals surface area contributed by atoms with E-state index in [0.29, 0.717) is 24.5 Å². The number of aromatic nitrogens is 3. The minimum atomic E-state index is -0.179. The number of fused-ring (bicyclic) bond motifs is 2. The van der Waals surface area contributed by atoms with Crippen molar-refractivity contribution in [2.24, 2.45) is 5.73 Å². The van der Waals surface area contributed by atoms with Crippen molar-refractivity contribution in [1.82, 2.24) is 15.0 Å². The molecule has 6 nitrogen and oxygen atoms in total. The van der Waals surface area contributed by atoms with Gasteiger partial charge in [0.1, 0.15) is 24.1 Å². The fourth-order valence-corrected chi connectivity index (χ4v) is 3.93. The molecule has 0 aliphatic rings.